The molecule has 0 aliphatic heterocycles. The largest absolute Gasteiger partial charge is 0.395 e. The molecule has 6 nitrogen and oxygen atoms in total. The summed E-state index contributed by atoms with van der Waals surface area (Å²) in [6.45, 7) is 0.278. The lowest BCUT2D eigenvalue weighted by atomic mass is 10.1. The fourth-order valence-electron chi connectivity index (χ4n) is 1.60. The Kier molecular flexibility index (Phi) is 5.38. The highest BCUT2D eigenvalue weighted by atomic mass is 16.2. The number of carbonyl (C=O) groups is 1. The first-order valence-electron chi connectivity index (χ1n) is 6.40. The van der Waals surface area contributed by atoms with Crippen LogP contribution in [0.15, 0.2) is 36.8 Å². The standard InChI is InChI=1S/C15H14N4O2/c20-9-2-1-4-12-10-16-8-6-14(12)15(21)17-11-13-5-3-7-18-19-13/h3,5-8,10,20H,2,9,11H2,(H,17,21). The van der Waals surface area contributed by atoms with E-state index in [-0.39, 0.29) is 12.5 Å². The summed E-state index contributed by atoms with van der Waals surface area (Å²) in [5.41, 5.74) is 1.65. The molecule has 0 radical (unpaired) electrons. The Morgan fingerprint density at radius 3 is 3.00 bits per heavy atom. The molecule has 106 valence electrons. The van der Waals surface area contributed by atoms with Crippen molar-refractivity contribution in [3.8, 4) is 11.8 Å². The third-order valence-electron chi connectivity index (χ3n) is 2.58. The Balaban J connectivity index is 2.07. The zero-order chi connectivity index (χ0) is 14.9. The maximum atomic E-state index is 12.2. The summed E-state index contributed by atoms with van der Waals surface area (Å²) in [7, 11) is 0. The minimum atomic E-state index is -0.253. The Morgan fingerprint density at radius 1 is 1.33 bits per heavy atom. The first kappa shape index (κ1) is 14.6. The molecule has 0 atom stereocenters. The lowest BCUT2D eigenvalue weighted by Crippen LogP contribution is -2.24. The number of nitrogens with zero attached hydrogens (tertiary/aromatic N) is 3. The summed E-state index contributed by atoms with van der Waals surface area (Å²) in [6, 6.07) is 5.14. The summed E-state index contributed by atoms with van der Waals surface area (Å²) in [6.07, 6.45) is 4.99. The highest BCUT2D eigenvalue weighted by Gasteiger charge is 2.09. The van der Waals surface area contributed by atoms with Crippen molar-refractivity contribution in [1.82, 2.24) is 20.5 Å². The fraction of sp³-hybridized carbons (Fsp3) is 0.200. The number of amides is 1. The van der Waals surface area contributed by atoms with Crippen molar-refractivity contribution in [3.05, 3.63) is 53.6 Å². The number of aliphatic hydroxyl groups excluding tert-OH is 1. The Hall–Kier alpha value is -2.78. The smallest absolute Gasteiger partial charge is 0.252 e. The Labute approximate surface area is 122 Å². The molecule has 2 aromatic rings. The molecule has 2 aromatic heterocycles. The number of hydrogen-bond acceptors (Lipinski definition) is 5. The molecule has 0 saturated heterocycles. The maximum absolute atomic E-state index is 12.2. The van der Waals surface area contributed by atoms with Crippen LogP contribution < -0.4 is 5.32 Å². The number of carbonyl (C=O) groups excluding carboxylic acids is 1. The molecule has 0 unspecified atom stereocenters. The van der Waals surface area contributed by atoms with Crippen molar-refractivity contribution in [3.63, 3.8) is 0 Å². The summed E-state index contributed by atoms with van der Waals surface area (Å²) in [4.78, 5) is 16.1. The zero-order valence-corrected chi connectivity index (χ0v) is 11.3. The quantitative estimate of drug-likeness (QED) is 0.799. The lowest BCUT2D eigenvalue weighted by Gasteiger charge is -2.05. The van der Waals surface area contributed by atoms with Gasteiger partial charge in [0.1, 0.15) is 0 Å². The fourth-order valence-corrected chi connectivity index (χ4v) is 1.60. The van der Waals surface area contributed by atoms with Gasteiger partial charge in [0.05, 0.1) is 30.0 Å². The predicted molar refractivity (Wildman–Crippen MR) is 76.0 cm³/mol. The number of rotatable bonds is 4. The maximum Gasteiger partial charge on any atom is 0.252 e. The van der Waals surface area contributed by atoms with Gasteiger partial charge in [0.25, 0.3) is 5.91 Å². The predicted octanol–water partition coefficient (Wildman–Crippen LogP) is 0.536. The number of pyridine rings is 1. The summed E-state index contributed by atoms with van der Waals surface area (Å²) < 4.78 is 0. The van der Waals surface area contributed by atoms with Gasteiger partial charge in [0, 0.05) is 25.0 Å². The molecule has 0 aliphatic rings. The first-order chi connectivity index (χ1) is 10.3. The molecule has 0 aliphatic carbocycles. The van der Waals surface area contributed by atoms with Crippen molar-refractivity contribution < 1.29 is 9.90 Å². The van der Waals surface area contributed by atoms with Gasteiger partial charge in [0.15, 0.2) is 0 Å². The molecular formula is C15H14N4O2. The number of hydrogen-bond donors (Lipinski definition) is 2. The van der Waals surface area contributed by atoms with E-state index < -0.39 is 0 Å². The van der Waals surface area contributed by atoms with Gasteiger partial charge in [-0.2, -0.15) is 10.2 Å². The molecule has 2 rings (SSSR count). The topological polar surface area (TPSA) is 88.0 Å². The van der Waals surface area contributed by atoms with E-state index >= 15 is 0 Å². The van der Waals surface area contributed by atoms with Crippen LogP contribution in [0.2, 0.25) is 0 Å². The molecule has 0 aromatic carbocycles. The van der Waals surface area contributed by atoms with Crippen molar-refractivity contribution in [2.45, 2.75) is 13.0 Å². The van der Waals surface area contributed by atoms with E-state index in [1.54, 1.807) is 24.4 Å². The second-order valence-electron chi connectivity index (χ2n) is 4.09. The van der Waals surface area contributed by atoms with Crippen molar-refractivity contribution >= 4 is 5.91 Å². The van der Waals surface area contributed by atoms with Crippen molar-refractivity contribution in [2.24, 2.45) is 0 Å². The van der Waals surface area contributed by atoms with Gasteiger partial charge in [-0.25, -0.2) is 0 Å². The second kappa shape index (κ2) is 7.72. The second-order valence-corrected chi connectivity index (χ2v) is 4.09. The van der Waals surface area contributed by atoms with Crippen LogP contribution in [0.3, 0.4) is 0 Å². The monoisotopic (exact) mass is 282 g/mol. The lowest BCUT2D eigenvalue weighted by molar-refractivity contribution is 0.0950. The van der Waals surface area contributed by atoms with Crippen LogP contribution >= 0.6 is 0 Å². The number of nitrogens with one attached hydrogen (secondary N) is 1. The first-order valence-corrected chi connectivity index (χ1v) is 6.40. The van der Waals surface area contributed by atoms with Crippen LogP contribution in [-0.4, -0.2) is 32.8 Å². The van der Waals surface area contributed by atoms with Gasteiger partial charge in [-0.1, -0.05) is 11.8 Å². The van der Waals surface area contributed by atoms with E-state index in [0.717, 1.165) is 0 Å². The average molecular weight is 282 g/mol. The van der Waals surface area contributed by atoms with Crippen LogP contribution in [0.5, 0.6) is 0 Å². The summed E-state index contributed by atoms with van der Waals surface area (Å²) >= 11 is 0. The number of aromatic nitrogens is 3. The summed E-state index contributed by atoms with van der Waals surface area (Å²) in [5.74, 6) is 5.36. The molecule has 0 fully saturated rings. The van der Waals surface area contributed by atoms with Crippen molar-refractivity contribution in [2.75, 3.05) is 6.61 Å². The molecule has 0 bridgehead atoms. The van der Waals surface area contributed by atoms with E-state index in [1.807, 2.05) is 0 Å². The minimum absolute atomic E-state index is 0.0124. The molecule has 21 heavy (non-hydrogen) atoms. The average Bonchev–Trinajstić information content (AvgIpc) is 2.54. The SMILES string of the molecule is O=C(NCc1cccnn1)c1ccncc1C#CCCO. The third-order valence-corrected chi connectivity index (χ3v) is 2.58. The molecular weight excluding hydrogens is 268 g/mol. The Bertz CT molecular complexity index is 662. The van der Waals surface area contributed by atoms with E-state index in [9.17, 15) is 4.79 Å². The molecule has 1 amide bonds. The molecule has 0 spiro atoms. The van der Waals surface area contributed by atoms with Gasteiger partial charge in [0.2, 0.25) is 0 Å². The minimum Gasteiger partial charge on any atom is -0.395 e. The van der Waals surface area contributed by atoms with E-state index in [0.29, 0.717) is 29.8 Å². The molecule has 6 heteroatoms. The van der Waals surface area contributed by atoms with E-state index in [2.05, 4.69) is 32.3 Å². The molecule has 0 saturated carbocycles. The normalized spacial score (nSPS) is 9.57. The highest BCUT2D eigenvalue weighted by Crippen LogP contribution is 2.06. The third kappa shape index (κ3) is 4.37. The van der Waals surface area contributed by atoms with Gasteiger partial charge in [-0.3, -0.25) is 9.78 Å². The van der Waals surface area contributed by atoms with Crippen LogP contribution in [-0.2, 0) is 6.54 Å². The van der Waals surface area contributed by atoms with Crippen LogP contribution in [0.1, 0.15) is 28.0 Å². The summed E-state index contributed by atoms with van der Waals surface area (Å²) in [5, 5.41) is 19.1. The zero-order valence-electron chi connectivity index (χ0n) is 11.3. The van der Waals surface area contributed by atoms with Gasteiger partial charge in [-0.15, -0.1) is 0 Å². The number of aliphatic hydroxyl groups is 1. The molecule has 2 N–H and O–H groups in total. The van der Waals surface area contributed by atoms with Crippen LogP contribution in [0, 0.1) is 11.8 Å². The van der Waals surface area contributed by atoms with Gasteiger partial charge >= 0.3 is 0 Å². The van der Waals surface area contributed by atoms with Crippen molar-refractivity contribution in [1.29, 1.82) is 0 Å². The van der Waals surface area contributed by atoms with E-state index in [4.69, 9.17) is 5.11 Å². The Morgan fingerprint density at radius 2 is 2.24 bits per heavy atom. The van der Waals surface area contributed by atoms with E-state index in [1.165, 1.54) is 12.4 Å². The highest BCUT2D eigenvalue weighted by molar-refractivity contribution is 5.96. The van der Waals surface area contributed by atoms with Gasteiger partial charge in [-0.05, 0) is 18.2 Å². The van der Waals surface area contributed by atoms with Crippen LogP contribution in [0.4, 0.5) is 0 Å². The van der Waals surface area contributed by atoms with Gasteiger partial charge < -0.3 is 10.4 Å². The molecule has 2 heterocycles. The van der Waals surface area contributed by atoms with Crippen LogP contribution in [0.25, 0.3) is 0 Å².